The minimum atomic E-state index is 0.0434. The highest BCUT2D eigenvalue weighted by Crippen LogP contribution is 2.06. The van der Waals surface area contributed by atoms with Crippen LogP contribution in [0.5, 0.6) is 0 Å². The first-order valence-electron chi connectivity index (χ1n) is 6.06. The molecule has 0 aliphatic carbocycles. The van der Waals surface area contributed by atoms with Gasteiger partial charge in [0, 0.05) is 24.7 Å². The number of allylic oxidation sites excluding steroid dienone is 1. The number of nitrogens with one attached hydrogen (secondary N) is 2. The Hall–Kier alpha value is -1.77. The highest BCUT2D eigenvalue weighted by Gasteiger charge is 2.06. The third-order valence-electron chi connectivity index (χ3n) is 2.85. The molecule has 2 N–H and O–H groups in total. The lowest BCUT2D eigenvalue weighted by Crippen LogP contribution is -2.24. The lowest BCUT2D eigenvalue weighted by atomic mass is 10.1. The van der Waals surface area contributed by atoms with Gasteiger partial charge in [-0.2, -0.15) is 0 Å². The van der Waals surface area contributed by atoms with Crippen molar-refractivity contribution in [2.24, 2.45) is 0 Å². The van der Waals surface area contributed by atoms with E-state index in [2.05, 4.69) is 10.6 Å². The van der Waals surface area contributed by atoms with Crippen LogP contribution in [-0.2, 0) is 0 Å². The van der Waals surface area contributed by atoms with Crippen molar-refractivity contribution in [1.82, 2.24) is 10.6 Å². The van der Waals surface area contributed by atoms with E-state index in [9.17, 15) is 4.79 Å². The van der Waals surface area contributed by atoms with Gasteiger partial charge in [-0.3, -0.25) is 4.79 Å². The van der Waals surface area contributed by atoms with Crippen molar-refractivity contribution in [3.05, 3.63) is 47.3 Å². The minimum Gasteiger partial charge on any atom is -0.372 e. The summed E-state index contributed by atoms with van der Waals surface area (Å²) in [6, 6.07) is 7.65. The molecule has 2 rings (SSSR count). The molecule has 1 saturated heterocycles. The van der Waals surface area contributed by atoms with E-state index in [1.54, 1.807) is 6.08 Å². The van der Waals surface area contributed by atoms with Crippen LogP contribution in [-0.4, -0.2) is 18.9 Å². The van der Waals surface area contributed by atoms with Crippen LogP contribution in [0, 0.1) is 6.92 Å². The third-order valence-corrected chi connectivity index (χ3v) is 2.85. The average molecular weight is 230 g/mol. The summed E-state index contributed by atoms with van der Waals surface area (Å²) in [5.41, 5.74) is 1.90. The van der Waals surface area contributed by atoms with Gasteiger partial charge in [-0.05, 0) is 19.8 Å². The van der Waals surface area contributed by atoms with Gasteiger partial charge in [0.25, 0.3) is 0 Å². The summed E-state index contributed by atoms with van der Waals surface area (Å²) in [4.78, 5) is 12.0. The number of carbonyl (C=O) groups is 1. The number of carbonyl (C=O) groups excluding carboxylic acids is 1. The van der Waals surface area contributed by atoms with Crippen LogP contribution in [0.25, 0.3) is 0 Å². The summed E-state index contributed by atoms with van der Waals surface area (Å²) in [6.07, 6.45) is 3.93. The first-order chi connectivity index (χ1) is 8.25. The fraction of sp³-hybridized carbons (Fsp3) is 0.357. The Labute approximate surface area is 102 Å². The molecule has 0 saturated carbocycles. The summed E-state index contributed by atoms with van der Waals surface area (Å²) in [5.74, 6) is 0.884. The maximum Gasteiger partial charge on any atom is 0.189 e. The minimum absolute atomic E-state index is 0.0434. The molecule has 0 bridgehead atoms. The molecular formula is C14H18N2O. The summed E-state index contributed by atoms with van der Waals surface area (Å²) < 4.78 is 0. The Morgan fingerprint density at radius 1 is 1.12 bits per heavy atom. The van der Waals surface area contributed by atoms with Gasteiger partial charge in [0.1, 0.15) is 5.82 Å². The van der Waals surface area contributed by atoms with E-state index in [-0.39, 0.29) is 5.78 Å². The van der Waals surface area contributed by atoms with Crippen molar-refractivity contribution in [2.75, 3.05) is 13.1 Å². The van der Waals surface area contributed by atoms with Crippen LogP contribution >= 0.6 is 0 Å². The number of hydrogen-bond acceptors (Lipinski definition) is 3. The number of hydrogen-bond donors (Lipinski definition) is 2. The first-order valence-corrected chi connectivity index (χ1v) is 6.06. The van der Waals surface area contributed by atoms with Crippen LogP contribution in [0.3, 0.4) is 0 Å². The second-order valence-corrected chi connectivity index (χ2v) is 4.35. The Balaban J connectivity index is 2.09. The molecule has 1 aliphatic heterocycles. The molecule has 0 radical (unpaired) electrons. The maximum absolute atomic E-state index is 12.0. The summed E-state index contributed by atoms with van der Waals surface area (Å²) in [6.45, 7) is 3.88. The molecule has 0 atom stereocenters. The van der Waals surface area contributed by atoms with Gasteiger partial charge in [-0.25, -0.2) is 0 Å². The highest BCUT2D eigenvalue weighted by molar-refractivity contribution is 6.04. The standard InChI is InChI=1S/C14H18N2O/c1-11-4-6-12(7-5-11)13(17)10-14-15-8-2-3-9-16-14/h4-7,10,15-16H,2-3,8-9H2,1H3. The lowest BCUT2D eigenvalue weighted by molar-refractivity contribution is 0.104. The Morgan fingerprint density at radius 2 is 1.71 bits per heavy atom. The van der Waals surface area contributed by atoms with Gasteiger partial charge in [-0.15, -0.1) is 0 Å². The largest absolute Gasteiger partial charge is 0.372 e. The number of rotatable bonds is 2. The van der Waals surface area contributed by atoms with E-state index in [1.165, 1.54) is 5.56 Å². The average Bonchev–Trinajstić information content (AvgIpc) is 2.58. The molecule has 1 aliphatic rings. The zero-order valence-electron chi connectivity index (χ0n) is 10.1. The zero-order chi connectivity index (χ0) is 12.1. The normalized spacial score (nSPS) is 15.5. The lowest BCUT2D eigenvalue weighted by Gasteiger charge is -2.07. The summed E-state index contributed by atoms with van der Waals surface area (Å²) >= 11 is 0. The second kappa shape index (κ2) is 5.53. The molecule has 1 heterocycles. The topological polar surface area (TPSA) is 41.1 Å². The van der Waals surface area contributed by atoms with Crippen molar-refractivity contribution in [2.45, 2.75) is 19.8 Å². The summed E-state index contributed by atoms with van der Waals surface area (Å²) in [7, 11) is 0. The van der Waals surface area contributed by atoms with Crippen molar-refractivity contribution < 1.29 is 4.79 Å². The molecule has 17 heavy (non-hydrogen) atoms. The zero-order valence-corrected chi connectivity index (χ0v) is 10.1. The van der Waals surface area contributed by atoms with Crippen molar-refractivity contribution >= 4 is 5.78 Å². The highest BCUT2D eigenvalue weighted by atomic mass is 16.1. The number of benzene rings is 1. The van der Waals surface area contributed by atoms with Gasteiger partial charge >= 0.3 is 0 Å². The third kappa shape index (κ3) is 3.34. The molecule has 1 aromatic carbocycles. The Kier molecular flexibility index (Phi) is 3.81. The van der Waals surface area contributed by atoms with E-state index in [0.717, 1.165) is 37.3 Å². The smallest absolute Gasteiger partial charge is 0.189 e. The first kappa shape index (κ1) is 11.7. The van der Waals surface area contributed by atoms with Crippen molar-refractivity contribution in [1.29, 1.82) is 0 Å². The molecule has 3 nitrogen and oxygen atoms in total. The van der Waals surface area contributed by atoms with Crippen LogP contribution in [0.1, 0.15) is 28.8 Å². The fourth-order valence-corrected chi connectivity index (χ4v) is 1.79. The van der Waals surface area contributed by atoms with Crippen LogP contribution in [0.15, 0.2) is 36.2 Å². The molecule has 0 unspecified atom stereocenters. The molecule has 0 spiro atoms. The molecule has 0 amide bonds. The SMILES string of the molecule is Cc1ccc(C(=O)C=C2NCCCCN2)cc1. The Morgan fingerprint density at radius 3 is 2.29 bits per heavy atom. The quantitative estimate of drug-likeness (QED) is 0.603. The molecule has 3 heteroatoms. The number of aryl methyl sites for hydroxylation is 1. The summed E-state index contributed by atoms with van der Waals surface area (Å²) in [5, 5.41) is 6.45. The molecule has 1 aromatic rings. The monoisotopic (exact) mass is 230 g/mol. The number of ketones is 1. The molecule has 0 aromatic heterocycles. The molecule has 1 fully saturated rings. The second-order valence-electron chi connectivity index (χ2n) is 4.35. The van der Waals surface area contributed by atoms with Gasteiger partial charge in [0.05, 0.1) is 0 Å². The fourth-order valence-electron chi connectivity index (χ4n) is 1.79. The van der Waals surface area contributed by atoms with Crippen LogP contribution in [0.2, 0.25) is 0 Å². The van der Waals surface area contributed by atoms with E-state index < -0.39 is 0 Å². The van der Waals surface area contributed by atoms with E-state index in [1.807, 2.05) is 31.2 Å². The van der Waals surface area contributed by atoms with Crippen molar-refractivity contribution in [3.8, 4) is 0 Å². The maximum atomic E-state index is 12.0. The van der Waals surface area contributed by atoms with Gasteiger partial charge < -0.3 is 10.6 Å². The van der Waals surface area contributed by atoms with E-state index in [4.69, 9.17) is 0 Å². The van der Waals surface area contributed by atoms with Gasteiger partial charge in [0.15, 0.2) is 5.78 Å². The molecular weight excluding hydrogens is 212 g/mol. The Bertz CT molecular complexity index is 410. The van der Waals surface area contributed by atoms with E-state index in [0.29, 0.717) is 0 Å². The van der Waals surface area contributed by atoms with Crippen LogP contribution in [0.4, 0.5) is 0 Å². The van der Waals surface area contributed by atoms with Crippen LogP contribution < -0.4 is 10.6 Å². The van der Waals surface area contributed by atoms with Crippen molar-refractivity contribution in [3.63, 3.8) is 0 Å². The van der Waals surface area contributed by atoms with Gasteiger partial charge in [-0.1, -0.05) is 29.8 Å². The predicted octanol–water partition coefficient (Wildman–Crippen LogP) is 1.99. The predicted molar refractivity (Wildman–Crippen MR) is 68.8 cm³/mol. The molecule has 90 valence electrons. The van der Waals surface area contributed by atoms with E-state index >= 15 is 0 Å². The van der Waals surface area contributed by atoms with Gasteiger partial charge in [0.2, 0.25) is 0 Å².